The summed E-state index contributed by atoms with van der Waals surface area (Å²) in [4.78, 5) is 0. The summed E-state index contributed by atoms with van der Waals surface area (Å²) in [7, 11) is 0. The van der Waals surface area contributed by atoms with Crippen molar-refractivity contribution in [1.82, 2.24) is 0 Å². The van der Waals surface area contributed by atoms with Gasteiger partial charge in [0.1, 0.15) is 0 Å². The zero-order valence-corrected chi connectivity index (χ0v) is 10.1. The fourth-order valence-corrected chi connectivity index (χ4v) is 1.51. The van der Waals surface area contributed by atoms with Crippen molar-refractivity contribution in [1.29, 1.82) is 0 Å². The first-order valence-corrected chi connectivity index (χ1v) is 5.19. The summed E-state index contributed by atoms with van der Waals surface area (Å²) < 4.78 is 125. The van der Waals surface area contributed by atoms with E-state index in [1.807, 2.05) is 0 Å². The van der Waals surface area contributed by atoms with Crippen LogP contribution in [0, 0.1) is 0 Å². The zero-order valence-electron chi connectivity index (χ0n) is 9.39. The molecule has 0 unspecified atom stereocenters. The number of halogens is 11. The van der Waals surface area contributed by atoms with Crippen LogP contribution in [-0.2, 0) is 11.8 Å². The highest BCUT2D eigenvalue weighted by Gasteiger charge is 2.61. The monoisotopic (exact) mass is 348 g/mol. The number of alkyl halides is 10. The third kappa shape index (κ3) is 3.19. The van der Waals surface area contributed by atoms with Gasteiger partial charge < -0.3 is 0 Å². The van der Waals surface area contributed by atoms with Gasteiger partial charge in [-0.1, -0.05) is 11.6 Å². The largest absolute Gasteiger partial charge is 0.458 e. The first-order chi connectivity index (χ1) is 9.10. The summed E-state index contributed by atoms with van der Waals surface area (Å²) in [5.74, 6) is -11.3. The minimum Gasteiger partial charge on any atom is -0.191 e. The fourth-order valence-electron chi connectivity index (χ4n) is 1.28. The first-order valence-electron chi connectivity index (χ1n) is 4.81. The molecule has 0 bridgehead atoms. The van der Waals surface area contributed by atoms with Gasteiger partial charge in [0.15, 0.2) is 0 Å². The van der Waals surface area contributed by atoms with Crippen molar-refractivity contribution in [3.05, 3.63) is 34.3 Å². The van der Waals surface area contributed by atoms with Gasteiger partial charge in [-0.15, -0.1) is 0 Å². The molecule has 0 saturated carbocycles. The summed E-state index contributed by atoms with van der Waals surface area (Å²) >= 11 is 5.06. The molecule has 0 radical (unpaired) electrons. The Bertz CT molecular complexity index is 483. The summed E-state index contributed by atoms with van der Waals surface area (Å²) in [5.41, 5.74) is -4.22. The number of benzene rings is 1. The van der Waals surface area contributed by atoms with Crippen molar-refractivity contribution < 1.29 is 43.9 Å². The second-order valence-corrected chi connectivity index (χ2v) is 4.31. The van der Waals surface area contributed by atoms with Gasteiger partial charge in [-0.05, 0) is 18.2 Å². The van der Waals surface area contributed by atoms with E-state index in [1.54, 1.807) is 0 Å². The third-order valence-corrected chi connectivity index (χ3v) is 2.55. The minimum atomic E-state index is -6.18. The molecule has 0 aliphatic rings. The SMILES string of the molecule is FC(F)(F)C(F)(F)c1cc(Cl)cc(C(F)(F)C(F)(F)F)c1. The van der Waals surface area contributed by atoms with E-state index in [9.17, 15) is 43.9 Å². The topological polar surface area (TPSA) is 0 Å². The van der Waals surface area contributed by atoms with E-state index in [0.29, 0.717) is 0 Å². The van der Waals surface area contributed by atoms with Crippen LogP contribution < -0.4 is 0 Å². The van der Waals surface area contributed by atoms with Crippen LogP contribution in [0.25, 0.3) is 0 Å². The van der Waals surface area contributed by atoms with Crippen molar-refractivity contribution in [2.45, 2.75) is 24.2 Å². The molecule has 0 saturated heterocycles. The molecule has 0 N–H and O–H groups in total. The maximum atomic E-state index is 13.0. The van der Waals surface area contributed by atoms with E-state index in [-0.39, 0.29) is 12.1 Å². The van der Waals surface area contributed by atoms with Crippen molar-refractivity contribution in [3.8, 4) is 0 Å². The molecule has 1 rings (SSSR count). The van der Waals surface area contributed by atoms with Crippen LogP contribution in [0.4, 0.5) is 43.9 Å². The fraction of sp³-hybridized carbons (Fsp3) is 0.400. The van der Waals surface area contributed by atoms with Crippen molar-refractivity contribution in [3.63, 3.8) is 0 Å². The first kappa shape index (κ1) is 17.9. The standard InChI is InChI=1S/C10H3ClF10/c11-6-2-4(7(12,13)9(16,17)18)1-5(3-6)8(14,15)10(19,20)21/h1-3H. The van der Waals surface area contributed by atoms with E-state index < -0.39 is 46.4 Å². The van der Waals surface area contributed by atoms with Crippen LogP contribution in [0.2, 0.25) is 5.02 Å². The predicted octanol–water partition coefficient (Wildman–Crippen LogP) is 5.65. The molecule has 0 aliphatic carbocycles. The Morgan fingerprint density at radius 2 is 0.857 bits per heavy atom. The molecule has 0 heterocycles. The summed E-state index contributed by atoms with van der Waals surface area (Å²) in [5, 5.41) is -1.12. The third-order valence-electron chi connectivity index (χ3n) is 2.33. The van der Waals surface area contributed by atoms with Crippen LogP contribution in [0.1, 0.15) is 11.1 Å². The Labute approximate surface area is 115 Å². The van der Waals surface area contributed by atoms with E-state index in [1.165, 1.54) is 0 Å². The molecule has 0 nitrogen and oxygen atoms in total. The molecule has 0 atom stereocenters. The van der Waals surface area contributed by atoms with Crippen LogP contribution in [-0.4, -0.2) is 12.4 Å². The molecule has 1 aromatic rings. The van der Waals surface area contributed by atoms with Crippen LogP contribution in [0.3, 0.4) is 0 Å². The Morgan fingerprint density at radius 3 is 1.10 bits per heavy atom. The Hall–Kier alpha value is -1.19. The molecule has 120 valence electrons. The lowest BCUT2D eigenvalue weighted by molar-refractivity contribution is -0.292. The molecular weight excluding hydrogens is 346 g/mol. The highest BCUT2D eigenvalue weighted by atomic mass is 35.5. The average Bonchev–Trinajstić information content (AvgIpc) is 2.24. The van der Waals surface area contributed by atoms with Crippen LogP contribution >= 0.6 is 11.6 Å². The average molecular weight is 349 g/mol. The summed E-state index contributed by atoms with van der Waals surface area (Å²) in [6.45, 7) is 0. The molecule has 1 aromatic carbocycles. The zero-order chi connectivity index (χ0) is 16.9. The van der Waals surface area contributed by atoms with E-state index in [2.05, 4.69) is 0 Å². The van der Waals surface area contributed by atoms with Gasteiger partial charge in [-0.2, -0.15) is 43.9 Å². The van der Waals surface area contributed by atoms with E-state index in [4.69, 9.17) is 11.6 Å². The summed E-state index contributed by atoms with van der Waals surface area (Å²) in [6.07, 6.45) is -12.4. The maximum Gasteiger partial charge on any atom is 0.458 e. The lowest BCUT2D eigenvalue weighted by Crippen LogP contribution is -2.36. The second kappa shape index (κ2) is 4.92. The van der Waals surface area contributed by atoms with Crippen molar-refractivity contribution >= 4 is 11.6 Å². The van der Waals surface area contributed by atoms with E-state index in [0.717, 1.165) is 0 Å². The summed E-state index contributed by atoms with van der Waals surface area (Å²) in [6, 6.07) is -0.650. The molecule has 0 aromatic heterocycles. The molecule has 0 spiro atoms. The molecule has 0 amide bonds. The molecule has 11 heteroatoms. The second-order valence-electron chi connectivity index (χ2n) is 3.87. The molecular formula is C10H3ClF10. The maximum absolute atomic E-state index is 13.0. The van der Waals surface area contributed by atoms with Gasteiger partial charge in [0, 0.05) is 16.1 Å². The highest BCUT2D eigenvalue weighted by molar-refractivity contribution is 6.30. The molecule has 0 fully saturated rings. The van der Waals surface area contributed by atoms with Gasteiger partial charge in [-0.3, -0.25) is 0 Å². The van der Waals surface area contributed by atoms with Gasteiger partial charge in [0.2, 0.25) is 0 Å². The number of hydrogen-bond donors (Lipinski definition) is 0. The van der Waals surface area contributed by atoms with Gasteiger partial charge in [0.25, 0.3) is 0 Å². The van der Waals surface area contributed by atoms with Crippen molar-refractivity contribution in [2.24, 2.45) is 0 Å². The Balaban J connectivity index is 3.50. The van der Waals surface area contributed by atoms with Gasteiger partial charge >= 0.3 is 24.2 Å². The Kier molecular flexibility index (Phi) is 4.19. The predicted molar refractivity (Wildman–Crippen MR) is 51.4 cm³/mol. The van der Waals surface area contributed by atoms with Crippen LogP contribution in [0.5, 0.6) is 0 Å². The molecule has 21 heavy (non-hydrogen) atoms. The normalized spacial score (nSPS) is 14.4. The van der Waals surface area contributed by atoms with E-state index >= 15 is 0 Å². The highest BCUT2D eigenvalue weighted by Crippen LogP contribution is 2.48. The minimum absolute atomic E-state index is 0.0367. The van der Waals surface area contributed by atoms with Gasteiger partial charge in [0.05, 0.1) is 0 Å². The Morgan fingerprint density at radius 1 is 0.571 bits per heavy atom. The van der Waals surface area contributed by atoms with Crippen molar-refractivity contribution in [2.75, 3.05) is 0 Å². The smallest absolute Gasteiger partial charge is 0.191 e. The molecule has 0 aliphatic heterocycles. The number of hydrogen-bond acceptors (Lipinski definition) is 0. The quantitative estimate of drug-likeness (QED) is 0.606. The van der Waals surface area contributed by atoms with Gasteiger partial charge in [-0.25, -0.2) is 0 Å². The number of rotatable bonds is 2. The lowest BCUT2D eigenvalue weighted by atomic mass is 10.0. The van der Waals surface area contributed by atoms with Crippen LogP contribution in [0.15, 0.2) is 18.2 Å². The lowest BCUT2D eigenvalue weighted by Gasteiger charge is -2.24.